The summed E-state index contributed by atoms with van der Waals surface area (Å²) in [5, 5.41) is 11.4. The number of carbonyl (C=O) groups is 4. The fourth-order valence-corrected chi connectivity index (χ4v) is 7.47. The Morgan fingerprint density at radius 2 is 1.37 bits per heavy atom. The van der Waals surface area contributed by atoms with Gasteiger partial charge < -0.3 is 37.6 Å². The predicted octanol–water partition coefficient (Wildman–Crippen LogP) is 3.07. The molecule has 1 N–H and O–H groups in total. The van der Waals surface area contributed by atoms with E-state index in [4.69, 9.17) is 32.5 Å². The van der Waals surface area contributed by atoms with Crippen molar-refractivity contribution in [2.45, 2.75) is 89.7 Å². The van der Waals surface area contributed by atoms with Crippen LogP contribution in [0.3, 0.4) is 0 Å². The number of rotatable bonds is 6. The Labute approximate surface area is 236 Å². The zero-order chi connectivity index (χ0) is 29.9. The third kappa shape index (κ3) is 4.35. The molecule has 1 saturated heterocycles. The molecule has 5 rings (SSSR count). The Morgan fingerprint density at radius 1 is 0.829 bits per heavy atom. The van der Waals surface area contributed by atoms with Gasteiger partial charge in [0.05, 0.1) is 46.7 Å². The molecule has 0 radical (unpaired) electrons. The molecule has 2 bridgehead atoms. The molecule has 3 aliphatic rings. The van der Waals surface area contributed by atoms with Gasteiger partial charge in [-0.25, -0.2) is 9.59 Å². The van der Waals surface area contributed by atoms with Gasteiger partial charge in [0.1, 0.15) is 36.4 Å². The molecule has 9 atom stereocenters. The van der Waals surface area contributed by atoms with Crippen LogP contribution in [-0.2, 0) is 33.3 Å². The highest BCUT2D eigenvalue weighted by Gasteiger charge is 2.83. The molecule has 41 heavy (non-hydrogen) atoms. The third-order valence-electron chi connectivity index (χ3n) is 8.91. The standard InChI is InChI=1S/C29H34O12/c1-14-11-19(32)22(38-16(3)31)28(6)24(40-26(34)18-8-10-36-13-18)21(37-15(2)30)20-23(29(14,28)41-27(20,4)5)39-25(33)17-7-9-35-12-17/h7-10,12-14,19-24,32H,11H2,1-6H3/t14-,19+,20-,21-,22+,23-,24+,28+,29-/m1/s1. The molecule has 0 amide bonds. The lowest BCUT2D eigenvalue weighted by molar-refractivity contribution is -0.312. The van der Waals surface area contributed by atoms with E-state index in [1.165, 1.54) is 51.0 Å². The van der Waals surface area contributed by atoms with Gasteiger partial charge in [-0.15, -0.1) is 0 Å². The number of furan rings is 2. The van der Waals surface area contributed by atoms with Crippen LogP contribution < -0.4 is 0 Å². The van der Waals surface area contributed by atoms with Crippen LogP contribution in [0.15, 0.2) is 46.0 Å². The van der Waals surface area contributed by atoms with Gasteiger partial charge in [0, 0.05) is 13.8 Å². The van der Waals surface area contributed by atoms with Crippen molar-refractivity contribution in [2.24, 2.45) is 17.3 Å². The fraction of sp³-hybridized carbons (Fsp3) is 0.586. The first-order valence-electron chi connectivity index (χ1n) is 13.4. The van der Waals surface area contributed by atoms with E-state index in [9.17, 15) is 24.3 Å². The van der Waals surface area contributed by atoms with Crippen molar-refractivity contribution in [3.63, 3.8) is 0 Å². The van der Waals surface area contributed by atoms with Gasteiger partial charge in [-0.05, 0) is 45.2 Å². The van der Waals surface area contributed by atoms with E-state index in [2.05, 4.69) is 0 Å². The van der Waals surface area contributed by atoms with Crippen LogP contribution in [0.2, 0.25) is 0 Å². The predicted molar refractivity (Wildman–Crippen MR) is 136 cm³/mol. The number of aliphatic hydroxyl groups is 1. The fourth-order valence-electron chi connectivity index (χ4n) is 7.47. The number of esters is 4. The lowest BCUT2D eigenvalue weighted by atomic mass is 9.47. The van der Waals surface area contributed by atoms with Crippen LogP contribution >= 0.6 is 0 Å². The van der Waals surface area contributed by atoms with Gasteiger partial charge in [0.15, 0.2) is 6.10 Å². The topological polar surface area (TPSA) is 161 Å². The zero-order valence-corrected chi connectivity index (χ0v) is 23.7. The Bertz CT molecular complexity index is 1310. The number of fused-ring (bicyclic) bond motifs is 1. The summed E-state index contributed by atoms with van der Waals surface area (Å²) in [7, 11) is 0. The van der Waals surface area contributed by atoms with E-state index in [1.54, 1.807) is 20.8 Å². The molecular formula is C29H34O12. The first kappa shape index (κ1) is 28.9. The van der Waals surface area contributed by atoms with Crippen LogP contribution in [0.1, 0.15) is 68.7 Å². The molecule has 0 unspecified atom stereocenters. The third-order valence-corrected chi connectivity index (χ3v) is 8.91. The highest BCUT2D eigenvalue weighted by atomic mass is 16.6. The minimum atomic E-state index is -1.60. The number of ether oxygens (including phenoxy) is 5. The summed E-state index contributed by atoms with van der Waals surface area (Å²) in [5.41, 5.74) is -3.94. The minimum absolute atomic E-state index is 0.0960. The largest absolute Gasteiger partial charge is 0.472 e. The maximum atomic E-state index is 13.4. The normalized spacial score (nSPS) is 37.0. The summed E-state index contributed by atoms with van der Waals surface area (Å²) >= 11 is 0. The monoisotopic (exact) mass is 574 g/mol. The molecule has 2 aromatic rings. The number of aliphatic hydroxyl groups excluding tert-OH is 1. The first-order chi connectivity index (χ1) is 19.2. The van der Waals surface area contributed by atoms with Gasteiger partial charge in [-0.3, -0.25) is 9.59 Å². The second-order valence-corrected chi connectivity index (χ2v) is 11.8. The summed E-state index contributed by atoms with van der Waals surface area (Å²) in [6.07, 6.45) is -0.967. The molecule has 2 saturated carbocycles. The van der Waals surface area contributed by atoms with E-state index < -0.39 is 82.8 Å². The molecule has 3 heterocycles. The zero-order valence-electron chi connectivity index (χ0n) is 23.7. The van der Waals surface area contributed by atoms with Crippen LogP contribution in [0, 0.1) is 17.3 Å². The van der Waals surface area contributed by atoms with Crippen molar-refractivity contribution in [3.05, 3.63) is 48.3 Å². The van der Waals surface area contributed by atoms with E-state index in [1.807, 2.05) is 6.92 Å². The van der Waals surface area contributed by atoms with Crippen LogP contribution in [-0.4, -0.2) is 70.7 Å². The minimum Gasteiger partial charge on any atom is -0.472 e. The average molecular weight is 575 g/mol. The van der Waals surface area contributed by atoms with Crippen molar-refractivity contribution < 1.29 is 56.8 Å². The average Bonchev–Trinajstić information content (AvgIpc) is 3.63. The quantitative estimate of drug-likeness (QED) is 0.397. The highest BCUT2D eigenvalue weighted by Crippen LogP contribution is 2.68. The van der Waals surface area contributed by atoms with Crippen molar-refractivity contribution in [1.29, 1.82) is 0 Å². The Hall–Kier alpha value is -3.64. The van der Waals surface area contributed by atoms with E-state index in [0.29, 0.717) is 0 Å². The van der Waals surface area contributed by atoms with Gasteiger partial charge in [0.25, 0.3) is 0 Å². The van der Waals surface area contributed by atoms with Crippen molar-refractivity contribution in [1.82, 2.24) is 0 Å². The molecule has 2 aromatic heterocycles. The Kier molecular flexibility index (Phi) is 7.06. The summed E-state index contributed by atoms with van der Waals surface area (Å²) in [5.74, 6) is -4.25. The molecule has 0 aromatic carbocycles. The Morgan fingerprint density at radius 3 is 1.85 bits per heavy atom. The second-order valence-electron chi connectivity index (χ2n) is 11.8. The SMILES string of the molecule is CC(=O)O[C@@H]1[C@@H]2[C@@H](OC(=O)c3ccoc3)[C@]3(OC2(C)C)[C@H](C)C[C@H](O)[C@H](OC(C)=O)[C@@]3(C)[C@H]1OC(=O)c1ccoc1. The van der Waals surface area contributed by atoms with Crippen LogP contribution in [0.5, 0.6) is 0 Å². The van der Waals surface area contributed by atoms with Crippen molar-refractivity contribution >= 4 is 23.9 Å². The highest BCUT2D eigenvalue weighted by molar-refractivity contribution is 5.90. The molecule has 1 aliphatic heterocycles. The molecule has 222 valence electrons. The molecular weight excluding hydrogens is 540 g/mol. The summed E-state index contributed by atoms with van der Waals surface area (Å²) in [6.45, 7) is 9.39. The number of hydrogen-bond acceptors (Lipinski definition) is 12. The van der Waals surface area contributed by atoms with Crippen LogP contribution in [0.4, 0.5) is 0 Å². The van der Waals surface area contributed by atoms with E-state index in [-0.39, 0.29) is 17.5 Å². The molecule has 2 aliphatic carbocycles. The lowest BCUT2D eigenvalue weighted by Crippen LogP contribution is -2.78. The molecule has 12 nitrogen and oxygen atoms in total. The summed E-state index contributed by atoms with van der Waals surface area (Å²) in [6, 6.07) is 2.86. The van der Waals surface area contributed by atoms with Gasteiger partial charge >= 0.3 is 23.9 Å². The molecule has 1 spiro atoms. The van der Waals surface area contributed by atoms with Crippen molar-refractivity contribution in [3.8, 4) is 0 Å². The lowest BCUT2D eigenvalue weighted by Gasteiger charge is -2.63. The second kappa shape index (κ2) is 10.0. The number of carbonyl (C=O) groups excluding carboxylic acids is 4. The number of hydrogen-bond donors (Lipinski definition) is 1. The maximum absolute atomic E-state index is 13.4. The van der Waals surface area contributed by atoms with E-state index in [0.717, 1.165) is 0 Å². The van der Waals surface area contributed by atoms with Crippen LogP contribution in [0.25, 0.3) is 0 Å². The molecule has 3 fully saturated rings. The van der Waals surface area contributed by atoms with Gasteiger partial charge in [-0.1, -0.05) is 6.92 Å². The first-order valence-corrected chi connectivity index (χ1v) is 13.4. The molecule has 12 heteroatoms. The van der Waals surface area contributed by atoms with Crippen molar-refractivity contribution in [2.75, 3.05) is 0 Å². The summed E-state index contributed by atoms with van der Waals surface area (Å²) < 4.78 is 40.9. The summed E-state index contributed by atoms with van der Waals surface area (Å²) in [4.78, 5) is 51.7. The van der Waals surface area contributed by atoms with Gasteiger partial charge in [-0.2, -0.15) is 0 Å². The van der Waals surface area contributed by atoms with Gasteiger partial charge in [0.2, 0.25) is 0 Å². The smallest absolute Gasteiger partial charge is 0.341 e. The maximum Gasteiger partial charge on any atom is 0.341 e. The Balaban J connectivity index is 1.74. The van der Waals surface area contributed by atoms with E-state index >= 15 is 0 Å².